The molecular formula is C13H16BrN3OS. The average molecular weight is 342 g/mol. The summed E-state index contributed by atoms with van der Waals surface area (Å²) in [7, 11) is 0. The Kier molecular flexibility index (Phi) is 5.34. The third kappa shape index (κ3) is 4.29. The lowest BCUT2D eigenvalue weighted by Crippen LogP contribution is -2.25. The van der Waals surface area contributed by atoms with Crippen LogP contribution >= 0.6 is 27.7 Å². The van der Waals surface area contributed by atoms with Gasteiger partial charge in [0.05, 0.1) is 17.6 Å². The van der Waals surface area contributed by atoms with Crippen LogP contribution in [0.1, 0.15) is 12.8 Å². The lowest BCUT2D eigenvalue weighted by molar-refractivity contribution is 0.532. The number of nitrogens with one attached hydrogen (secondary N) is 1. The van der Waals surface area contributed by atoms with Crippen molar-refractivity contribution < 1.29 is 0 Å². The van der Waals surface area contributed by atoms with Gasteiger partial charge in [0.25, 0.3) is 5.56 Å². The molecule has 102 valence electrons. The topological polar surface area (TPSA) is 46.9 Å². The largest absolute Gasteiger partial charge is 0.382 e. The Bertz CT molecular complexity index is 534. The van der Waals surface area contributed by atoms with Crippen LogP contribution in [-0.2, 0) is 6.54 Å². The molecule has 2 rings (SSSR count). The van der Waals surface area contributed by atoms with Crippen molar-refractivity contribution in [1.29, 1.82) is 0 Å². The molecule has 0 bridgehead atoms. The first-order valence-corrected chi connectivity index (χ1v) is 8.18. The molecule has 1 N–H and O–H groups in total. The molecule has 1 fully saturated rings. The van der Waals surface area contributed by atoms with Gasteiger partial charge in [0.15, 0.2) is 0 Å². The van der Waals surface area contributed by atoms with Crippen molar-refractivity contribution in [1.82, 2.24) is 9.78 Å². The van der Waals surface area contributed by atoms with Crippen LogP contribution in [0.15, 0.2) is 15.5 Å². The van der Waals surface area contributed by atoms with Crippen LogP contribution in [0.2, 0.25) is 0 Å². The van der Waals surface area contributed by atoms with Gasteiger partial charge in [-0.2, -0.15) is 5.10 Å². The van der Waals surface area contributed by atoms with Crippen molar-refractivity contribution in [2.45, 2.75) is 19.4 Å². The molecule has 0 unspecified atom stereocenters. The molecule has 0 aromatic carbocycles. The highest BCUT2D eigenvalue weighted by molar-refractivity contribution is 9.10. The summed E-state index contributed by atoms with van der Waals surface area (Å²) in [5.74, 6) is 4.83. The standard InChI is InChI=1S/C13H16BrN3OS/c1-2-6-19-7-5-15-11-8-16-17(9-10-3-4-10)13(18)12(11)14/h1,8,10,15H,3-7,9H2. The molecule has 1 heterocycles. The summed E-state index contributed by atoms with van der Waals surface area (Å²) in [5, 5.41) is 7.40. The van der Waals surface area contributed by atoms with Crippen molar-refractivity contribution >= 4 is 33.4 Å². The second-order valence-corrected chi connectivity index (χ2v) is 6.38. The van der Waals surface area contributed by atoms with E-state index in [4.69, 9.17) is 6.42 Å². The second kappa shape index (κ2) is 7.01. The molecule has 6 heteroatoms. The maximum Gasteiger partial charge on any atom is 0.283 e. The molecule has 1 aromatic heterocycles. The maximum absolute atomic E-state index is 12.1. The molecule has 1 aromatic rings. The van der Waals surface area contributed by atoms with Gasteiger partial charge < -0.3 is 5.32 Å². The van der Waals surface area contributed by atoms with Gasteiger partial charge in [-0.15, -0.1) is 18.2 Å². The number of thioether (sulfide) groups is 1. The van der Waals surface area contributed by atoms with Gasteiger partial charge in [-0.25, -0.2) is 4.68 Å². The number of terminal acetylenes is 1. The van der Waals surface area contributed by atoms with E-state index in [-0.39, 0.29) is 5.56 Å². The predicted molar refractivity (Wildman–Crippen MR) is 83.6 cm³/mol. The number of aromatic nitrogens is 2. The predicted octanol–water partition coefficient (Wildman–Crippen LogP) is 2.19. The third-order valence-corrected chi connectivity index (χ3v) is 4.49. The maximum atomic E-state index is 12.1. The lowest BCUT2D eigenvalue weighted by atomic mass is 10.4. The molecule has 0 atom stereocenters. The Morgan fingerprint density at radius 3 is 3.11 bits per heavy atom. The minimum absolute atomic E-state index is 0.0619. The van der Waals surface area contributed by atoms with Gasteiger partial charge in [0, 0.05) is 18.8 Å². The highest BCUT2D eigenvalue weighted by Crippen LogP contribution is 2.30. The average Bonchev–Trinajstić information content (AvgIpc) is 3.21. The summed E-state index contributed by atoms with van der Waals surface area (Å²) < 4.78 is 2.10. The number of hydrogen-bond donors (Lipinski definition) is 1. The molecule has 4 nitrogen and oxygen atoms in total. The molecule has 1 aliphatic carbocycles. The van der Waals surface area contributed by atoms with E-state index in [1.54, 1.807) is 22.6 Å². The van der Waals surface area contributed by atoms with Gasteiger partial charge >= 0.3 is 0 Å². The molecule has 0 aliphatic heterocycles. The zero-order chi connectivity index (χ0) is 13.7. The molecule has 1 aliphatic rings. The van der Waals surface area contributed by atoms with Crippen LogP contribution in [0.3, 0.4) is 0 Å². The van der Waals surface area contributed by atoms with E-state index in [2.05, 4.69) is 32.3 Å². The monoisotopic (exact) mass is 341 g/mol. The third-order valence-electron chi connectivity index (χ3n) is 2.86. The first kappa shape index (κ1) is 14.5. The van der Waals surface area contributed by atoms with E-state index < -0.39 is 0 Å². The van der Waals surface area contributed by atoms with Gasteiger partial charge in [-0.1, -0.05) is 5.92 Å². The SMILES string of the molecule is C#CCSCCNc1cnn(CC2CC2)c(=O)c1Br. The van der Waals surface area contributed by atoms with E-state index in [0.29, 0.717) is 16.1 Å². The number of hydrogen-bond acceptors (Lipinski definition) is 4. The summed E-state index contributed by atoms with van der Waals surface area (Å²) in [4.78, 5) is 12.1. The molecule has 0 saturated heterocycles. The number of anilines is 1. The first-order valence-electron chi connectivity index (χ1n) is 6.23. The van der Waals surface area contributed by atoms with Crippen LogP contribution in [0, 0.1) is 18.3 Å². The Balaban J connectivity index is 1.92. The van der Waals surface area contributed by atoms with Gasteiger partial charge in [-0.05, 0) is 34.7 Å². The number of rotatable bonds is 7. The first-order chi connectivity index (χ1) is 9.22. The molecule has 1 saturated carbocycles. The number of halogens is 1. The zero-order valence-electron chi connectivity index (χ0n) is 10.6. The van der Waals surface area contributed by atoms with Crippen molar-refractivity contribution in [3.05, 3.63) is 21.0 Å². The minimum Gasteiger partial charge on any atom is -0.382 e. The van der Waals surface area contributed by atoms with Crippen LogP contribution in [-0.4, -0.2) is 27.8 Å². The van der Waals surface area contributed by atoms with Crippen LogP contribution in [0.4, 0.5) is 5.69 Å². The summed E-state index contributed by atoms with van der Waals surface area (Å²) in [5.41, 5.74) is 0.687. The molecule has 0 amide bonds. The highest BCUT2D eigenvalue weighted by atomic mass is 79.9. The molecule has 19 heavy (non-hydrogen) atoms. The van der Waals surface area contributed by atoms with Gasteiger partial charge in [0.1, 0.15) is 4.47 Å². The normalized spacial score (nSPS) is 14.1. The molecule has 0 radical (unpaired) electrons. The summed E-state index contributed by atoms with van der Waals surface area (Å²) in [6, 6.07) is 0. The van der Waals surface area contributed by atoms with E-state index in [1.165, 1.54) is 12.8 Å². The fraction of sp³-hybridized carbons (Fsp3) is 0.538. The van der Waals surface area contributed by atoms with E-state index in [9.17, 15) is 4.79 Å². The minimum atomic E-state index is -0.0619. The summed E-state index contributed by atoms with van der Waals surface area (Å²) in [6.07, 6.45) is 9.30. The van der Waals surface area contributed by atoms with Crippen LogP contribution in [0.5, 0.6) is 0 Å². The fourth-order valence-electron chi connectivity index (χ4n) is 1.65. The summed E-state index contributed by atoms with van der Waals surface area (Å²) in [6.45, 7) is 1.49. The fourth-order valence-corrected chi connectivity index (χ4v) is 2.61. The zero-order valence-corrected chi connectivity index (χ0v) is 13.0. The van der Waals surface area contributed by atoms with Gasteiger partial charge in [-0.3, -0.25) is 4.79 Å². The van der Waals surface area contributed by atoms with Crippen LogP contribution in [0.25, 0.3) is 0 Å². The Morgan fingerprint density at radius 1 is 1.63 bits per heavy atom. The van der Waals surface area contributed by atoms with Crippen molar-refractivity contribution in [2.75, 3.05) is 23.4 Å². The van der Waals surface area contributed by atoms with Crippen LogP contribution < -0.4 is 10.9 Å². The van der Waals surface area contributed by atoms with Crippen molar-refractivity contribution in [2.24, 2.45) is 5.92 Å². The van der Waals surface area contributed by atoms with E-state index >= 15 is 0 Å². The van der Waals surface area contributed by atoms with Gasteiger partial charge in [0.2, 0.25) is 0 Å². The molecule has 0 spiro atoms. The Morgan fingerprint density at radius 2 is 2.42 bits per heavy atom. The highest BCUT2D eigenvalue weighted by Gasteiger charge is 2.23. The van der Waals surface area contributed by atoms with E-state index in [1.807, 2.05) is 0 Å². The van der Waals surface area contributed by atoms with Crippen molar-refractivity contribution in [3.8, 4) is 12.3 Å². The number of nitrogens with zero attached hydrogens (tertiary/aromatic N) is 2. The smallest absolute Gasteiger partial charge is 0.283 e. The quantitative estimate of drug-likeness (QED) is 0.610. The van der Waals surface area contributed by atoms with Crippen molar-refractivity contribution in [3.63, 3.8) is 0 Å². The summed E-state index contributed by atoms with van der Waals surface area (Å²) >= 11 is 5.03. The van der Waals surface area contributed by atoms with E-state index in [0.717, 1.165) is 24.5 Å². The Hall–Kier alpha value is -0.930. The second-order valence-electron chi connectivity index (χ2n) is 4.49. The molecular weight excluding hydrogens is 326 g/mol. The Labute approximate surface area is 125 Å². The lowest BCUT2D eigenvalue weighted by Gasteiger charge is -2.09.